The molecule has 0 saturated carbocycles. The first-order valence-corrected chi connectivity index (χ1v) is 4.91. The first-order valence-electron chi connectivity index (χ1n) is 4.91. The summed E-state index contributed by atoms with van der Waals surface area (Å²) >= 11 is 0. The van der Waals surface area contributed by atoms with E-state index in [1.807, 2.05) is 6.07 Å². The van der Waals surface area contributed by atoms with Crippen LogP contribution in [0.3, 0.4) is 0 Å². The van der Waals surface area contributed by atoms with Crippen LogP contribution in [0.5, 0.6) is 0 Å². The Kier molecular flexibility index (Phi) is 7.86. The third-order valence-corrected chi connectivity index (χ3v) is 1.85. The lowest BCUT2D eigenvalue weighted by atomic mass is 10.4. The molecule has 0 radical (unpaired) electrons. The minimum atomic E-state index is -0.0589. The van der Waals surface area contributed by atoms with Crippen molar-refractivity contribution >= 4 is 5.91 Å². The molecular formula is C10H18N2O2. The van der Waals surface area contributed by atoms with Gasteiger partial charge in [-0.25, -0.2) is 0 Å². The number of nitriles is 1. The average molecular weight is 198 g/mol. The molecule has 0 aromatic rings. The van der Waals surface area contributed by atoms with Gasteiger partial charge in [0.1, 0.15) is 6.61 Å². The van der Waals surface area contributed by atoms with Gasteiger partial charge in [0.05, 0.1) is 12.5 Å². The summed E-state index contributed by atoms with van der Waals surface area (Å²) in [6, 6.07) is 2.00. The predicted octanol–water partition coefficient (Wildman–Crippen LogP) is 1.18. The maximum atomic E-state index is 11.3. The van der Waals surface area contributed by atoms with Crippen LogP contribution in [0, 0.1) is 11.3 Å². The lowest BCUT2D eigenvalue weighted by Crippen LogP contribution is -2.31. The molecule has 0 bridgehead atoms. The number of nitrogens with zero attached hydrogens (tertiary/aromatic N) is 2. The Morgan fingerprint density at radius 3 is 2.86 bits per heavy atom. The molecule has 4 heteroatoms. The minimum absolute atomic E-state index is 0.0589. The van der Waals surface area contributed by atoms with E-state index in [9.17, 15) is 4.79 Å². The Hall–Kier alpha value is -1.08. The largest absolute Gasteiger partial charge is 0.372 e. The lowest BCUT2D eigenvalue weighted by molar-refractivity contribution is -0.134. The fraction of sp³-hybridized carbons (Fsp3) is 0.800. The summed E-state index contributed by atoms with van der Waals surface area (Å²) < 4.78 is 5.16. The van der Waals surface area contributed by atoms with Gasteiger partial charge in [0.25, 0.3) is 0 Å². The Bertz CT molecular complexity index is 199. The van der Waals surface area contributed by atoms with Crippen LogP contribution in [-0.2, 0) is 9.53 Å². The number of carbonyl (C=O) groups is 1. The van der Waals surface area contributed by atoms with Crippen molar-refractivity contribution in [2.45, 2.75) is 26.2 Å². The molecule has 0 aliphatic heterocycles. The second kappa shape index (κ2) is 8.52. The smallest absolute Gasteiger partial charge is 0.248 e. The van der Waals surface area contributed by atoms with E-state index in [0.29, 0.717) is 19.6 Å². The van der Waals surface area contributed by atoms with Crippen molar-refractivity contribution in [2.24, 2.45) is 0 Å². The number of likely N-dealkylation sites (N-methyl/N-ethyl adjacent to an activating group) is 1. The van der Waals surface area contributed by atoms with Crippen molar-refractivity contribution in [3.8, 4) is 6.07 Å². The second-order valence-corrected chi connectivity index (χ2v) is 3.13. The maximum Gasteiger partial charge on any atom is 0.248 e. The maximum absolute atomic E-state index is 11.3. The van der Waals surface area contributed by atoms with Gasteiger partial charge >= 0.3 is 0 Å². The normalized spacial score (nSPS) is 9.50. The lowest BCUT2D eigenvalue weighted by Gasteiger charge is -2.15. The molecule has 0 saturated heterocycles. The molecule has 0 unspecified atom stereocenters. The van der Waals surface area contributed by atoms with Gasteiger partial charge in [-0.2, -0.15) is 5.26 Å². The molecular weight excluding hydrogens is 180 g/mol. The Labute approximate surface area is 85.5 Å². The highest BCUT2D eigenvalue weighted by atomic mass is 16.5. The van der Waals surface area contributed by atoms with Crippen molar-refractivity contribution in [1.29, 1.82) is 5.26 Å². The molecule has 0 spiro atoms. The van der Waals surface area contributed by atoms with Crippen LogP contribution in [0.1, 0.15) is 26.2 Å². The molecule has 0 N–H and O–H groups in total. The van der Waals surface area contributed by atoms with Gasteiger partial charge in [-0.15, -0.1) is 0 Å². The first-order chi connectivity index (χ1) is 6.72. The van der Waals surface area contributed by atoms with Gasteiger partial charge in [-0.05, 0) is 6.42 Å². The highest BCUT2D eigenvalue weighted by Crippen LogP contribution is 1.92. The van der Waals surface area contributed by atoms with E-state index in [2.05, 4.69) is 6.92 Å². The summed E-state index contributed by atoms with van der Waals surface area (Å²) in [5.41, 5.74) is 0. The molecule has 4 nitrogen and oxygen atoms in total. The zero-order valence-electron chi connectivity index (χ0n) is 8.95. The number of ether oxygens (including phenoxy) is 1. The van der Waals surface area contributed by atoms with Gasteiger partial charge in [0.15, 0.2) is 0 Å². The summed E-state index contributed by atoms with van der Waals surface area (Å²) in [6.45, 7) is 3.31. The molecule has 0 heterocycles. The predicted molar refractivity (Wildman–Crippen MR) is 53.6 cm³/mol. The number of unbranched alkanes of at least 4 members (excludes halogenated alkanes) is 1. The SMILES string of the molecule is CCCCOCC(=O)N(C)CCC#N. The fourth-order valence-electron chi connectivity index (χ4n) is 0.858. The van der Waals surface area contributed by atoms with Crippen molar-refractivity contribution in [3.05, 3.63) is 0 Å². The van der Waals surface area contributed by atoms with Crippen LogP contribution < -0.4 is 0 Å². The number of carbonyl (C=O) groups excluding carboxylic acids is 1. The van der Waals surface area contributed by atoms with Crippen molar-refractivity contribution in [2.75, 3.05) is 26.8 Å². The molecule has 0 rings (SSSR count). The van der Waals surface area contributed by atoms with E-state index in [1.54, 1.807) is 7.05 Å². The summed E-state index contributed by atoms with van der Waals surface area (Å²) in [5, 5.41) is 8.32. The fourth-order valence-corrected chi connectivity index (χ4v) is 0.858. The van der Waals surface area contributed by atoms with Crippen LogP contribution in [0.25, 0.3) is 0 Å². The van der Waals surface area contributed by atoms with E-state index in [1.165, 1.54) is 4.90 Å². The summed E-state index contributed by atoms with van der Waals surface area (Å²) in [6.07, 6.45) is 2.42. The van der Waals surface area contributed by atoms with Gasteiger partial charge in [0, 0.05) is 20.2 Å². The third kappa shape index (κ3) is 6.44. The van der Waals surface area contributed by atoms with E-state index in [4.69, 9.17) is 10.00 Å². The number of amides is 1. The molecule has 14 heavy (non-hydrogen) atoms. The highest BCUT2D eigenvalue weighted by Gasteiger charge is 2.07. The summed E-state index contributed by atoms with van der Waals surface area (Å²) in [4.78, 5) is 12.8. The first kappa shape index (κ1) is 12.9. The summed E-state index contributed by atoms with van der Waals surface area (Å²) in [7, 11) is 1.68. The van der Waals surface area contributed by atoms with Gasteiger partial charge in [0.2, 0.25) is 5.91 Å². The van der Waals surface area contributed by atoms with Crippen LogP contribution in [0.15, 0.2) is 0 Å². The van der Waals surface area contributed by atoms with Crippen molar-refractivity contribution in [1.82, 2.24) is 4.90 Å². The van der Waals surface area contributed by atoms with Crippen molar-refractivity contribution in [3.63, 3.8) is 0 Å². The molecule has 0 atom stereocenters. The second-order valence-electron chi connectivity index (χ2n) is 3.13. The molecule has 80 valence electrons. The van der Waals surface area contributed by atoms with Crippen molar-refractivity contribution < 1.29 is 9.53 Å². The molecule has 0 aliphatic rings. The third-order valence-electron chi connectivity index (χ3n) is 1.85. The highest BCUT2D eigenvalue weighted by molar-refractivity contribution is 5.77. The molecule has 0 aliphatic carbocycles. The Morgan fingerprint density at radius 1 is 1.57 bits per heavy atom. The van der Waals surface area contributed by atoms with Crippen LogP contribution >= 0.6 is 0 Å². The van der Waals surface area contributed by atoms with Crippen LogP contribution in [0.2, 0.25) is 0 Å². The van der Waals surface area contributed by atoms with Gasteiger partial charge < -0.3 is 9.64 Å². The molecule has 0 fully saturated rings. The van der Waals surface area contributed by atoms with E-state index >= 15 is 0 Å². The Balaban J connectivity index is 3.48. The zero-order chi connectivity index (χ0) is 10.8. The quantitative estimate of drug-likeness (QED) is 0.577. The van der Waals surface area contributed by atoms with Crippen LogP contribution in [-0.4, -0.2) is 37.6 Å². The van der Waals surface area contributed by atoms with E-state index in [0.717, 1.165) is 12.8 Å². The van der Waals surface area contributed by atoms with Gasteiger partial charge in [-0.3, -0.25) is 4.79 Å². The van der Waals surface area contributed by atoms with Crippen LogP contribution in [0.4, 0.5) is 0 Å². The Morgan fingerprint density at radius 2 is 2.29 bits per heavy atom. The summed E-state index contributed by atoms with van der Waals surface area (Å²) in [5.74, 6) is -0.0589. The van der Waals surface area contributed by atoms with Gasteiger partial charge in [-0.1, -0.05) is 13.3 Å². The number of hydrogen-bond acceptors (Lipinski definition) is 3. The topological polar surface area (TPSA) is 53.3 Å². The zero-order valence-corrected chi connectivity index (χ0v) is 8.95. The monoisotopic (exact) mass is 198 g/mol. The average Bonchev–Trinajstić information content (AvgIpc) is 2.20. The van der Waals surface area contributed by atoms with E-state index < -0.39 is 0 Å². The molecule has 0 aromatic carbocycles. The van der Waals surface area contributed by atoms with E-state index in [-0.39, 0.29) is 12.5 Å². The standard InChI is InChI=1S/C10H18N2O2/c1-3-4-8-14-9-10(13)12(2)7-5-6-11/h3-5,7-9H2,1-2H3. The number of hydrogen-bond donors (Lipinski definition) is 0. The molecule has 1 amide bonds. The number of rotatable bonds is 7. The molecule has 0 aromatic heterocycles. The minimum Gasteiger partial charge on any atom is -0.372 e.